The van der Waals surface area contributed by atoms with Crippen molar-refractivity contribution >= 4 is 45.7 Å². The number of nitrogens with one attached hydrogen (secondary N) is 2. The molecule has 1 saturated heterocycles. The molecule has 0 unspecified atom stereocenters. The average molecular weight is 684 g/mol. The van der Waals surface area contributed by atoms with E-state index in [1.807, 2.05) is 30.3 Å². The van der Waals surface area contributed by atoms with Crippen molar-refractivity contribution in [3.8, 4) is 0 Å². The number of anilines is 2. The summed E-state index contributed by atoms with van der Waals surface area (Å²) in [6, 6.07) is 16.3. The Morgan fingerprint density at radius 1 is 0.840 bits per heavy atom. The summed E-state index contributed by atoms with van der Waals surface area (Å²) in [6.45, 7) is 4.55. The fourth-order valence-electron chi connectivity index (χ4n) is 7.62. The van der Waals surface area contributed by atoms with Gasteiger partial charge in [0.2, 0.25) is 0 Å². The summed E-state index contributed by atoms with van der Waals surface area (Å²) in [6.07, 6.45) is 4.55. The van der Waals surface area contributed by atoms with Crippen LogP contribution in [-0.2, 0) is 0 Å². The minimum atomic E-state index is -0.727. The summed E-state index contributed by atoms with van der Waals surface area (Å²) >= 11 is 0. The van der Waals surface area contributed by atoms with E-state index >= 15 is 0 Å². The lowest BCUT2D eigenvalue weighted by atomic mass is 9.69. The van der Waals surface area contributed by atoms with Crippen molar-refractivity contribution < 1.29 is 19.7 Å². The maximum absolute atomic E-state index is 12.0. The summed E-state index contributed by atoms with van der Waals surface area (Å²) in [5.41, 5.74) is 7.40. The number of allylic oxidation sites excluding steroid dienone is 2. The highest BCUT2D eigenvalue weighted by Gasteiger charge is 2.53. The summed E-state index contributed by atoms with van der Waals surface area (Å²) < 4.78 is 0. The Morgan fingerprint density at radius 3 is 2.00 bits per heavy atom. The predicted octanol–water partition coefficient (Wildman–Crippen LogP) is 7.49. The molecule has 50 heavy (non-hydrogen) atoms. The van der Waals surface area contributed by atoms with Crippen molar-refractivity contribution in [1.29, 1.82) is 0 Å². The zero-order valence-electron chi connectivity index (χ0n) is 27.1. The van der Waals surface area contributed by atoms with E-state index in [1.165, 1.54) is 23.4 Å². The zero-order chi connectivity index (χ0) is 35.7. The van der Waals surface area contributed by atoms with Crippen molar-refractivity contribution in [1.82, 2.24) is 4.90 Å². The van der Waals surface area contributed by atoms with E-state index < -0.39 is 48.4 Å². The van der Waals surface area contributed by atoms with E-state index in [0.717, 1.165) is 61.9 Å². The second-order valence-electron chi connectivity index (χ2n) is 12.5. The van der Waals surface area contributed by atoms with Crippen LogP contribution in [0.2, 0.25) is 0 Å². The zero-order valence-corrected chi connectivity index (χ0v) is 27.1. The van der Waals surface area contributed by atoms with Crippen LogP contribution in [0.4, 0.5) is 34.1 Å². The summed E-state index contributed by atoms with van der Waals surface area (Å²) in [7, 11) is 0. The van der Waals surface area contributed by atoms with Gasteiger partial charge in [0.05, 0.1) is 37.7 Å². The van der Waals surface area contributed by atoms with Gasteiger partial charge in [-0.3, -0.25) is 51.3 Å². The quantitative estimate of drug-likeness (QED) is 0.114. The lowest BCUT2D eigenvalue weighted by Crippen LogP contribution is -2.51. The van der Waals surface area contributed by atoms with Gasteiger partial charge < -0.3 is 4.90 Å². The molecule has 0 radical (unpaired) electrons. The number of rotatable bonds is 11. The second kappa shape index (κ2) is 13.3. The van der Waals surface area contributed by atoms with Crippen molar-refractivity contribution in [2.45, 2.75) is 51.9 Å². The third-order valence-electron chi connectivity index (χ3n) is 9.96. The number of hydrazone groups is 2. The van der Waals surface area contributed by atoms with E-state index in [1.54, 1.807) is 6.92 Å². The van der Waals surface area contributed by atoms with Crippen molar-refractivity contribution in [3.63, 3.8) is 0 Å². The van der Waals surface area contributed by atoms with Crippen LogP contribution in [-0.4, -0.2) is 42.7 Å². The molecule has 2 aliphatic heterocycles. The largest absolute Gasteiger partial charge is 0.331 e. The number of hydrogen-bond acceptors (Lipinski definition) is 12. The van der Waals surface area contributed by atoms with E-state index in [-0.39, 0.29) is 22.7 Å². The van der Waals surface area contributed by atoms with Crippen molar-refractivity contribution in [3.05, 3.63) is 124 Å². The van der Waals surface area contributed by atoms with Gasteiger partial charge in [0, 0.05) is 41.4 Å². The maximum Gasteiger partial charge on any atom is 0.301 e. The minimum absolute atomic E-state index is 0.0395. The van der Waals surface area contributed by atoms with E-state index in [0.29, 0.717) is 18.1 Å². The van der Waals surface area contributed by atoms with Gasteiger partial charge in [-0.1, -0.05) is 37.3 Å². The van der Waals surface area contributed by atoms with Gasteiger partial charge in [0.15, 0.2) is 0 Å². The van der Waals surface area contributed by atoms with Gasteiger partial charge in [-0.05, 0) is 62.3 Å². The SMILES string of the molecule is CC[C@]12CCCN3C1=C(CC2)[C@H](c1ccccc1)[C@@H](/C(C)=N/Nc1ccc([N+](=O)[O-])cc1[N+](=O)[O-])/C3=N\Nc1ccc([N+](=O)[O-])cc1[N+](=O)[O-]. The van der Waals surface area contributed by atoms with Crippen LogP contribution >= 0.6 is 0 Å². The molecule has 6 rings (SSSR count). The molecule has 3 aromatic carbocycles. The van der Waals surface area contributed by atoms with Gasteiger partial charge in [-0.2, -0.15) is 10.2 Å². The molecule has 0 amide bonds. The first-order chi connectivity index (χ1) is 24.0. The fraction of sp³-hybridized carbons (Fsp3) is 0.333. The Balaban J connectivity index is 1.52. The third kappa shape index (κ3) is 5.97. The van der Waals surface area contributed by atoms with Crippen LogP contribution < -0.4 is 10.9 Å². The first-order valence-electron chi connectivity index (χ1n) is 16.0. The number of non-ortho nitro benzene ring substituents is 2. The molecule has 17 nitrogen and oxygen atoms in total. The highest BCUT2D eigenvalue weighted by atomic mass is 16.6. The second-order valence-corrected chi connectivity index (χ2v) is 12.5. The van der Waals surface area contributed by atoms with Gasteiger partial charge >= 0.3 is 11.4 Å². The lowest BCUT2D eigenvalue weighted by Gasteiger charge is -2.49. The standard InChI is InChI=1S/C33H33N9O8/c1-3-33-15-7-17-38-31(33)24(14-16-33)30(21-8-5-4-6-9-21)29(20(2)34-35-25-12-10-22(39(43)44)18-27(25)41(47)48)32(38)37-36-26-13-11-23(40(45)46)19-28(26)42(49)50/h4-6,8-13,18-19,29-30,35-36H,3,7,14-17H2,1-2H3/b34-20+,37-32+/t29-,30+,33-/m1/s1. The molecule has 2 N–H and O–H groups in total. The van der Waals surface area contributed by atoms with Crippen LogP contribution in [0.25, 0.3) is 0 Å². The van der Waals surface area contributed by atoms with Crippen LogP contribution in [0.15, 0.2) is 88.2 Å². The van der Waals surface area contributed by atoms with Gasteiger partial charge in [-0.25, -0.2) is 0 Å². The average Bonchev–Trinajstić information content (AvgIpc) is 3.50. The Kier molecular flexibility index (Phi) is 8.97. The van der Waals surface area contributed by atoms with Crippen molar-refractivity contribution in [2.75, 3.05) is 17.4 Å². The molecule has 3 aromatic rings. The molecule has 0 aromatic heterocycles. The molecular formula is C33H33N9O8. The maximum atomic E-state index is 12.0. The lowest BCUT2D eigenvalue weighted by molar-refractivity contribution is -0.393. The number of hydrogen-bond donors (Lipinski definition) is 2. The third-order valence-corrected chi connectivity index (χ3v) is 9.96. The van der Waals surface area contributed by atoms with Gasteiger partial charge in [0.1, 0.15) is 17.2 Å². The molecule has 0 spiro atoms. The molecule has 0 saturated carbocycles. The molecule has 0 bridgehead atoms. The number of nitro benzene ring substituents is 4. The summed E-state index contributed by atoms with van der Waals surface area (Å²) in [5, 5.41) is 55.9. The summed E-state index contributed by atoms with van der Waals surface area (Å²) in [4.78, 5) is 45.8. The van der Waals surface area contributed by atoms with E-state index in [9.17, 15) is 40.5 Å². The number of piperidine rings is 1. The Bertz CT molecular complexity index is 2000. The number of benzene rings is 3. The molecule has 3 atom stereocenters. The molecule has 1 aliphatic carbocycles. The Hall–Kier alpha value is -6.26. The van der Waals surface area contributed by atoms with E-state index in [4.69, 9.17) is 5.10 Å². The topological polar surface area (TPSA) is 225 Å². The molecule has 17 heteroatoms. The monoisotopic (exact) mass is 683 g/mol. The number of amidine groups is 1. The van der Waals surface area contributed by atoms with Gasteiger partial charge in [-0.15, -0.1) is 0 Å². The van der Waals surface area contributed by atoms with Crippen LogP contribution in [0.1, 0.15) is 57.4 Å². The Labute approximate surface area is 285 Å². The Morgan fingerprint density at radius 2 is 1.44 bits per heavy atom. The first kappa shape index (κ1) is 33.6. The predicted molar refractivity (Wildman–Crippen MR) is 185 cm³/mol. The van der Waals surface area contributed by atoms with Crippen LogP contribution in [0.3, 0.4) is 0 Å². The van der Waals surface area contributed by atoms with Gasteiger partial charge in [0.25, 0.3) is 11.4 Å². The highest BCUT2D eigenvalue weighted by molar-refractivity contribution is 6.09. The molecule has 3 aliphatic rings. The van der Waals surface area contributed by atoms with Crippen molar-refractivity contribution in [2.24, 2.45) is 21.5 Å². The highest BCUT2D eigenvalue weighted by Crippen LogP contribution is 2.59. The fourth-order valence-corrected chi connectivity index (χ4v) is 7.62. The molecule has 1 fully saturated rings. The first-order valence-corrected chi connectivity index (χ1v) is 16.0. The number of nitrogens with zero attached hydrogens (tertiary/aromatic N) is 7. The molecule has 2 heterocycles. The smallest absolute Gasteiger partial charge is 0.301 e. The molecular weight excluding hydrogens is 650 g/mol. The van der Waals surface area contributed by atoms with E-state index in [2.05, 4.69) is 27.8 Å². The van der Waals surface area contributed by atoms with Crippen LogP contribution in [0, 0.1) is 51.8 Å². The normalized spacial score (nSPS) is 22.2. The van der Waals surface area contributed by atoms with Crippen LogP contribution in [0.5, 0.6) is 0 Å². The number of nitro groups is 4. The molecule has 258 valence electrons. The minimum Gasteiger partial charge on any atom is -0.331 e. The summed E-state index contributed by atoms with van der Waals surface area (Å²) in [5.74, 6) is -0.319.